The van der Waals surface area contributed by atoms with Gasteiger partial charge in [0.25, 0.3) is 0 Å². The first-order chi connectivity index (χ1) is 7.20. The van der Waals surface area contributed by atoms with Gasteiger partial charge in [0.1, 0.15) is 22.9 Å². The standard InChI is InChI=1S/C10H12F2O3Si/c1-16(2,3)15-8-5-6(11)4-7(12)9(8)10(13)14/h4-5H,1-3H3,(H,13,14). The van der Waals surface area contributed by atoms with Gasteiger partial charge < -0.3 is 9.53 Å². The summed E-state index contributed by atoms with van der Waals surface area (Å²) in [5.74, 6) is -3.69. The van der Waals surface area contributed by atoms with Crippen molar-refractivity contribution in [3.05, 3.63) is 29.3 Å². The molecule has 1 aromatic carbocycles. The summed E-state index contributed by atoms with van der Waals surface area (Å²) in [4.78, 5) is 10.8. The Kier molecular flexibility index (Phi) is 3.32. The zero-order chi connectivity index (χ0) is 12.5. The summed E-state index contributed by atoms with van der Waals surface area (Å²) in [5, 5.41) is 8.81. The largest absolute Gasteiger partial charge is 0.544 e. The van der Waals surface area contributed by atoms with Gasteiger partial charge in [-0.15, -0.1) is 0 Å². The van der Waals surface area contributed by atoms with Crippen LogP contribution in [0.4, 0.5) is 8.78 Å². The molecule has 0 spiro atoms. The van der Waals surface area contributed by atoms with E-state index in [9.17, 15) is 13.6 Å². The van der Waals surface area contributed by atoms with Gasteiger partial charge >= 0.3 is 5.97 Å². The maximum Gasteiger partial charge on any atom is 0.342 e. The molecule has 0 heterocycles. The number of benzene rings is 1. The fraction of sp³-hybridized carbons (Fsp3) is 0.300. The van der Waals surface area contributed by atoms with E-state index in [1.807, 2.05) is 0 Å². The van der Waals surface area contributed by atoms with Gasteiger partial charge in [-0.25, -0.2) is 13.6 Å². The second-order valence-electron chi connectivity index (χ2n) is 4.28. The lowest BCUT2D eigenvalue weighted by atomic mass is 10.2. The molecule has 0 bridgehead atoms. The average molecular weight is 246 g/mol. The fourth-order valence-corrected chi connectivity index (χ4v) is 1.99. The Hall–Kier alpha value is -1.43. The van der Waals surface area contributed by atoms with Crippen LogP contribution in [-0.4, -0.2) is 19.4 Å². The highest BCUT2D eigenvalue weighted by molar-refractivity contribution is 6.70. The van der Waals surface area contributed by atoms with Gasteiger partial charge in [-0.2, -0.15) is 0 Å². The first kappa shape index (κ1) is 12.6. The topological polar surface area (TPSA) is 46.5 Å². The van der Waals surface area contributed by atoms with E-state index in [0.717, 1.165) is 6.07 Å². The molecule has 0 amide bonds. The van der Waals surface area contributed by atoms with Crippen molar-refractivity contribution in [2.24, 2.45) is 0 Å². The zero-order valence-electron chi connectivity index (χ0n) is 9.17. The van der Waals surface area contributed by atoms with Crippen LogP contribution in [0.25, 0.3) is 0 Å². The van der Waals surface area contributed by atoms with E-state index < -0.39 is 31.5 Å². The van der Waals surface area contributed by atoms with E-state index in [1.165, 1.54) is 0 Å². The molecule has 0 saturated heterocycles. The number of carbonyl (C=O) groups is 1. The lowest BCUT2D eigenvalue weighted by Gasteiger charge is -2.20. The van der Waals surface area contributed by atoms with Crippen LogP contribution in [-0.2, 0) is 0 Å². The third-order valence-electron chi connectivity index (χ3n) is 1.65. The second kappa shape index (κ2) is 4.21. The average Bonchev–Trinajstić information content (AvgIpc) is 1.96. The summed E-state index contributed by atoms with van der Waals surface area (Å²) >= 11 is 0. The molecule has 1 aromatic rings. The molecule has 3 nitrogen and oxygen atoms in total. The molecule has 0 aliphatic rings. The third-order valence-corrected chi connectivity index (χ3v) is 2.48. The van der Waals surface area contributed by atoms with Gasteiger partial charge in [-0.05, 0) is 19.6 Å². The first-order valence-corrected chi connectivity index (χ1v) is 8.03. The molecule has 6 heteroatoms. The van der Waals surface area contributed by atoms with Crippen molar-refractivity contribution in [2.45, 2.75) is 19.6 Å². The van der Waals surface area contributed by atoms with Crippen LogP contribution in [0.3, 0.4) is 0 Å². The summed E-state index contributed by atoms with van der Waals surface area (Å²) in [5.41, 5.74) is -0.621. The molecule has 0 fully saturated rings. The van der Waals surface area contributed by atoms with Crippen molar-refractivity contribution < 1.29 is 23.1 Å². The molecule has 1 N–H and O–H groups in total. The summed E-state index contributed by atoms with van der Waals surface area (Å²) in [6, 6.07) is 1.42. The summed E-state index contributed by atoms with van der Waals surface area (Å²) < 4.78 is 31.5. The molecule has 0 aliphatic carbocycles. The quantitative estimate of drug-likeness (QED) is 0.834. The molecule has 0 saturated carbocycles. The van der Waals surface area contributed by atoms with Crippen LogP contribution >= 0.6 is 0 Å². The predicted octanol–water partition coefficient (Wildman–Crippen LogP) is 2.88. The van der Waals surface area contributed by atoms with Gasteiger partial charge in [0.15, 0.2) is 0 Å². The molecule has 1 rings (SSSR count). The van der Waals surface area contributed by atoms with Crippen LogP contribution in [0.1, 0.15) is 10.4 Å². The Morgan fingerprint density at radius 3 is 2.31 bits per heavy atom. The van der Waals surface area contributed by atoms with Gasteiger partial charge in [-0.1, -0.05) is 0 Å². The van der Waals surface area contributed by atoms with Crippen molar-refractivity contribution in [1.82, 2.24) is 0 Å². The van der Waals surface area contributed by atoms with E-state index in [2.05, 4.69) is 0 Å². The van der Waals surface area contributed by atoms with Crippen molar-refractivity contribution >= 4 is 14.3 Å². The smallest absolute Gasteiger partial charge is 0.342 e. The maximum absolute atomic E-state index is 13.3. The molecule has 0 radical (unpaired) electrons. The highest BCUT2D eigenvalue weighted by atomic mass is 28.4. The first-order valence-electron chi connectivity index (χ1n) is 4.62. The molecule has 16 heavy (non-hydrogen) atoms. The van der Waals surface area contributed by atoms with Crippen LogP contribution < -0.4 is 4.43 Å². The molecule has 88 valence electrons. The maximum atomic E-state index is 13.3. The van der Waals surface area contributed by atoms with E-state index in [4.69, 9.17) is 9.53 Å². The van der Waals surface area contributed by atoms with Crippen LogP contribution in [0, 0.1) is 11.6 Å². The SMILES string of the molecule is C[Si](C)(C)Oc1cc(F)cc(F)c1C(=O)O. The zero-order valence-corrected chi connectivity index (χ0v) is 10.2. The van der Waals surface area contributed by atoms with E-state index in [1.54, 1.807) is 19.6 Å². The minimum absolute atomic E-state index is 0.246. The summed E-state index contributed by atoms with van der Waals surface area (Å²) in [7, 11) is -2.12. The molecule has 0 unspecified atom stereocenters. The van der Waals surface area contributed by atoms with E-state index in [0.29, 0.717) is 6.07 Å². The van der Waals surface area contributed by atoms with Crippen LogP contribution in [0.15, 0.2) is 12.1 Å². The number of carboxylic acids is 1. The Morgan fingerprint density at radius 2 is 1.88 bits per heavy atom. The van der Waals surface area contributed by atoms with Gasteiger partial charge in [-0.3, -0.25) is 0 Å². The lowest BCUT2D eigenvalue weighted by molar-refractivity contribution is 0.0689. The van der Waals surface area contributed by atoms with Crippen LogP contribution in [0.2, 0.25) is 19.6 Å². The number of carboxylic acid groups (broad SMARTS) is 1. The minimum atomic E-state index is -2.12. The number of rotatable bonds is 3. The van der Waals surface area contributed by atoms with Crippen molar-refractivity contribution in [2.75, 3.05) is 0 Å². The molecule has 0 atom stereocenters. The van der Waals surface area contributed by atoms with Gasteiger partial charge in [0.05, 0.1) is 0 Å². The Balaban J connectivity index is 3.30. The van der Waals surface area contributed by atoms with Gasteiger partial charge in [0.2, 0.25) is 8.32 Å². The van der Waals surface area contributed by atoms with E-state index >= 15 is 0 Å². The second-order valence-corrected chi connectivity index (χ2v) is 8.71. The number of hydrogen-bond donors (Lipinski definition) is 1. The molecule has 0 aliphatic heterocycles. The minimum Gasteiger partial charge on any atom is -0.544 e. The van der Waals surface area contributed by atoms with Crippen molar-refractivity contribution in [3.63, 3.8) is 0 Å². The monoisotopic (exact) mass is 246 g/mol. The molecular formula is C10H12F2O3Si. The van der Waals surface area contributed by atoms with Crippen LogP contribution in [0.5, 0.6) is 5.75 Å². The third kappa shape index (κ3) is 3.03. The predicted molar refractivity (Wildman–Crippen MR) is 57.3 cm³/mol. The van der Waals surface area contributed by atoms with E-state index in [-0.39, 0.29) is 5.75 Å². The number of halogens is 2. The number of hydrogen-bond acceptors (Lipinski definition) is 2. The lowest BCUT2D eigenvalue weighted by Crippen LogP contribution is -2.30. The Bertz CT molecular complexity index is 427. The Morgan fingerprint density at radius 1 is 1.31 bits per heavy atom. The molecular weight excluding hydrogens is 234 g/mol. The van der Waals surface area contributed by atoms with Crippen molar-refractivity contribution in [1.29, 1.82) is 0 Å². The van der Waals surface area contributed by atoms with Gasteiger partial charge in [0, 0.05) is 12.1 Å². The summed E-state index contributed by atoms with van der Waals surface area (Å²) in [6.45, 7) is 5.38. The molecule has 0 aromatic heterocycles. The van der Waals surface area contributed by atoms with Crippen molar-refractivity contribution in [3.8, 4) is 5.75 Å². The highest BCUT2D eigenvalue weighted by Gasteiger charge is 2.24. The Labute approximate surface area is 92.8 Å². The highest BCUT2D eigenvalue weighted by Crippen LogP contribution is 2.26. The fourth-order valence-electron chi connectivity index (χ4n) is 1.17. The normalized spacial score (nSPS) is 11.3. The number of aromatic carboxylic acids is 1. The summed E-state index contributed by atoms with van der Waals surface area (Å²) in [6.07, 6.45) is 0.